The number of amides is 1. The van der Waals surface area contributed by atoms with Gasteiger partial charge in [-0.05, 0) is 92.0 Å². The molecule has 1 saturated heterocycles. The van der Waals surface area contributed by atoms with Gasteiger partial charge in [-0.1, -0.05) is 35.9 Å². The first kappa shape index (κ1) is 25.2. The van der Waals surface area contributed by atoms with Gasteiger partial charge in [0, 0.05) is 10.6 Å². The summed E-state index contributed by atoms with van der Waals surface area (Å²) in [6.07, 6.45) is 5.13. The highest BCUT2D eigenvalue weighted by molar-refractivity contribution is 6.31. The van der Waals surface area contributed by atoms with Crippen LogP contribution in [0.4, 0.5) is 8.78 Å². The highest BCUT2D eigenvalue weighted by Crippen LogP contribution is 2.32. The van der Waals surface area contributed by atoms with Gasteiger partial charge in [-0.25, -0.2) is 0 Å². The van der Waals surface area contributed by atoms with Crippen LogP contribution >= 0.6 is 11.6 Å². The molecule has 2 N–H and O–H groups in total. The second-order valence-electron chi connectivity index (χ2n) is 8.78. The standard InChI is InChI=1S/C15H21NO2.C12H8ClF2NO/c1-2-8-16(7-1)9-3-4-13-5-6-14-15(12-13)18-11-10-17-14;13-10-4-2-7-5-9(3-1-8(7)6-10)12(14,15)11(16)17/h5-6,12H,1-4,7-11H2;1-6H,(H2,16,17). The third kappa shape index (κ3) is 6.41. The van der Waals surface area contributed by atoms with Crippen LogP contribution in [0.2, 0.25) is 5.02 Å². The van der Waals surface area contributed by atoms with Crippen LogP contribution in [0.15, 0.2) is 54.6 Å². The lowest BCUT2D eigenvalue weighted by atomic mass is 10.0. The number of rotatable bonds is 6. The van der Waals surface area contributed by atoms with Gasteiger partial charge in [0.05, 0.1) is 0 Å². The Balaban J connectivity index is 0.000000165. The summed E-state index contributed by atoms with van der Waals surface area (Å²) in [6, 6.07) is 15.1. The summed E-state index contributed by atoms with van der Waals surface area (Å²) in [5, 5.41) is 1.82. The van der Waals surface area contributed by atoms with E-state index < -0.39 is 17.4 Å². The van der Waals surface area contributed by atoms with Crippen molar-refractivity contribution in [1.82, 2.24) is 4.90 Å². The maximum Gasteiger partial charge on any atom is 0.349 e. The smallest absolute Gasteiger partial charge is 0.349 e. The van der Waals surface area contributed by atoms with E-state index in [9.17, 15) is 13.6 Å². The number of primary amides is 1. The Morgan fingerprint density at radius 1 is 0.943 bits per heavy atom. The van der Waals surface area contributed by atoms with Crippen molar-refractivity contribution in [3.05, 3.63) is 70.7 Å². The minimum absolute atomic E-state index is 0.417. The Morgan fingerprint density at radius 2 is 1.63 bits per heavy atom. The summed E-state index contributed by atoms with van der Waals surface area (Å²) in [5.74, 6) is -3.51. The van der Waals surface area contributed by atoms with Crippen LogP contribution in [-0.2, 0) is 17.1 Å². The molecule has 2 aliphatic heterocycles. The number of carbonyl (C=O) groups excluding carboxylic acids is 1. The van der Waals surface area contributed by atoms with Crippen molar-refractivity contribution < 1.29 is 23.0 Å². The maximum absolute atomic E-state index is 13.4. The molecule has 8 heteroatoms. The lowest BCUT2D eigenvalue weighted by Crippen LogP contribution is -2.32. The molecular weight excluding hydrogens is 474 g/mol. The number of nitrogens with two attached hydrogens (primary N) is 1. The quantitative estimate of drug-likeness (QED) is 0.479. The molecule has 0 atom stereocenters. The molecule has 0 spiro atoms. The van der Waals surface area contributed by atoms with E-state index in [0.29, 0.717) is 23.6 Å². The first-order valence-electron chi connectivity index (χ1n) is 11.8. The van der Waals surface area contributed by atoms with Gasteiger partial charge in [0.1, 0.15) is 13.2 Å². The number of fused-ring (bicyclic) bond motifs is 2. The van der Waals surface area contributed by atoms with Crippen LogP contribution < -0.4 is 15.2 Å². The molecule has 0 aromatic heterocycles. The zero-order chi connectivity index (χ0) is 24.8. The molecule has 0 aliphatic carbocycles. The number of likely N-dealkylation sites (tertiary alicyclic amines) is 1. The lowest BCUT2D eigenvalue weighted by molar-refractivity contribution is -0.143. The van der Waals surface area contributed by atoms with Crippen molar-refractivity contribution in [3.63, 3.8) is 0 Å². The molecule has 0 radical (unpaired) electrons. The highest BCUT2D eigenvalue weighted by atomic mass is 35.5. The van der Waals surface area contributed by atoms with E-state index in [4.69, 9.17) is 21.1 Å². The number of aryl methyl sites for hydroxylation is 1. The number of ether oxygens (including phenoxy) is 2. The lowest BCUT2D eigenvalue weighted by Gasteiger charge is -2.19. The molecular formula is C27H29ClF2N2O3. The predicted octanol–water partition coefficient (Wildman–Crippen LogP) is 5.56. The monoisotopic (exact) mass is 502 g/mol. The van der Waals surface area contributed by atoms with Gasteiger partial charge in [-0.2, -0.15) is 8.78 Å². The van der Waals surface area contributed by atoms with Gasteiger partial charge in [-0.15, -0.1) is 0 Å². The van der Waals surface area contributed by atoms with E-state index in [1.807, 2.05) is 6.07 Å². The van der Waals surface area contributed by atoms with E-state index >= 15 is 0 Å². The fourth-order valence-electron chi connectivity index (χ4n) is 4.31. The second-order valence-corrected chi connectivity index (χ2v) is 9.21. The van der Waals surface area contributed by atoms with Crippen LogP contribution in [0.1, 0.15) is 30.4 Å². The molecule has 3 aromatic carbocycles. The Hall–Kier alpha value is -2.90. The van der Waals surface area contributed by atoms with E-state index in [1.54, 1.807) is 18.2 Å². The molecule has 2 aliphatic rings. The number of benzene rings is 3. The average molecular weight is 503 g/mol. The Morgan fingerprint density at radius 3 is 2.37 bits per heavy atom. The van der Waals surface area contributed by atoms with Crippen molar-refractivity contribution in [2.45, 2.75) is 31.6 Å². The predicted molar refractivity (Wildman–Crippen MR) is 133 cm³/mol. The molecule has 186 valence electrons. The third-order valence-electron chi connectivity index (χ3n) is 6.22. The number of hydrogen-bond donors (Lipinski definition) is 1. The molecule has 1 fully saturated rings. The molecule has 0 bridgehead atoms. The Kier molecular flexibility index (Phi) is 8.08. The van der Waals surface area contributed by atoms with E-state index in [2.05, 4.69) is 22.8 Å². The molecule has 5 nitrogen and oxygen atoms in total. The fourth-order valence-corrected chi connectivity index (χ4v) is 4.49. The first-order valence-corrected chi connectivity index (χ1v) is 12.2. The SMILES string of the molecule is NC(=O)C(F)(F)c1ccc2cc(Cl)ccc2c1.c1cc2c(cc1CCCN1CCCC1)OCCO2. The molecule has 0 saturated carbocycles. The summed E-state index contributed by atoms with van der Waals surface area (Å²) in [4.78, 5) is 13.2. The summed E-state index contributed by atoms with van der Waals surface area (Å²) >= 11 is 5.78. The molecule has 35 heavy (non-hydrogen) atoms. The van der Waals surface area contributed by atoms with Crippen molar-refractivity contribution in [3.8, 4) is 11.5 Å². The van der Waals surface area contributed by atoms with Gasteiger partial charge in [0.15, 0.2) is 11.5 Å². The molecule has 1 amide bonds. The maximum atomic E-state index is 13.4. The first-order chi connectivity index (χ1) is 16.8. The largest absolute Gasteiger partial charge is 0.486 e. The van der Waals surface area contributed by atoms with Crippen molar-refractivity contribution in [2.24, 2.45) is 5.73 Å². The Bertz CT molecular complexity index is 1180. The van der Waals surface area contributed by atoms with Crippen LogP contribution in [0, 0.1) is 0 Å². The topological polar surface area (TPSA) is 64.8 Å². The van der Waals surface area contributed by atoms with Gasteiger partial charge in [0.2, 0.25) is 0 Å². The normalized spacial score (nSPS) is 15.5. The van der Waals surface area contributed by atoms with Gasteiger partial charge in [-0.3, -0.25) is 4.79 Å². The van der Waals surface area contributed by atoms with Crippen molar-refractivity contribution in [1.29, 1.82) is 0 Å². The second kappa shape index (κ2) is 11.2. The zero-order valence-corrected chi connectivity index (χ0v) is 20.2. The number of hydrogen-bond acceptors (Lipinski definition) is 4. The minimum Gasteiger partial charge on any atom is -0.486 e. The van der Waals surface area contributed by atoms with Crippen molar-refractivity contribution >= 4 is 28.3 Å². The van der Waals surface area contributed by atoms with Crippen molar-refractivity contribution in [2.75, 3.05) is 32.8 Å². The number of carbonyl (C=O) groups is 1. The molecule has 0 unspecified atom stereocenters. The van der Waals surface area contributed by atoms with Crippen LogP contribution in [0.25, 0.3) is 10.8 Å². The molecule has 3 aromatic rings. The fraction of sp³-hybridized carbons (Fsp3) is 0.370. The van der Waals surface area contributed by atoms with Gasteiger partial charge >= 0.3 is 5.92 Å². The van der Waals surface area contributed by atoms with Crippen LogP contribution in [-0.4, -0.2) is 43.7 Å². The number of alkyl halides is 2. The summed E-state index contributed by atoms with van der Waals surface area (Å²) < 4.78 is 37.9. The summed E-state index contributed by atoms with van der Waals surface area (Å²) in [7, 11) is 0. The van der Waals surface area contributed by atoms with Crippen LogP contribution in [0.3, 0.4) is 0 Å². The number of nitrogens with zero attached hydrogens (tertiary/aromatic N) is 1. The Labute approximate surface area is 208 Å². The highest BCUT2D eigenvalue weighted by Gasteiger charge is 2.38. The zero-order valence-electron chi connectivity index (χ0n) is 19.4. The van der Waals surface area contributed by atoms with E-state index in [-0.39, 0.29) is 0 Å². The van der Waals surface area contributed by atoms with Gasteiger partial charge in [0.25, 0.3) is 5.91 Å². The van der Waals surface area contributed by atoms with Crippen LogP contribution in [0.5, 0.6) is 11.5 Å². The minimum atomic E-state index is -3.66. The molecule has 5 rings (SSSR count). The van der Waals surface area contributed by atoms with E-state index in [1.165, 1.54) is 62.7 Å². The van der Waals surface area contributed by atoms with Gasteiger partial charge < -0.3 is 20.1 Å². The summed E-state index contributed by atoms with van der Waals surface area (Å²) in [5.41, 5.74) is 5.60. The molecule has 2 heterocycles. The third-order valence-corrected chi connectivity index (χ3v) is 6.45. The average Bonchev–Trinajstić information content (AvgIpc) is 3.37. The number of halogens is 3. The van der Waals surface area contributed by atoms with E-state index in [0.717, 1.165) is 23.3 Å². The summed E-state index contributed by atoms with van der Waals surface area (Å²) in [6.45, 7) is 5.16.